The predicted molar refractivity (Wildman–Crippen MR) is 144 cm³/mol. The fraction of sp³-hybridized carbons (Fsp3) is 0.172. The number of hydrogen-bond acceptors (Lipinski definition) is 6. The average Bonchev–Trinajstić information content (AvgIpc) is 3.19. The van der Waals surface area contributed by atoms with Crippen molar-refractivity contribution in [2.45, 2.75) is 35.0 Å². The van der Waals surface area contributed by atoms with E-state index in [0.717, 1.165) is 24.3 Å². The molecule has 1 aliphatic rings. The summed E-state index contributed by atoms with van der Waals surface area (Å²) in [4.78, 5) is 48.6. The second-order valence-electron chi connectivity index (χ2n) is 9.36. The maximum absolute atomic E-state index is 14.0. The van der Waals surface area contributed by atoms with Crippen molar-refractivity contribution in [1.82, 2.24) is 10.0 Å². The van der Waals surface area contributed by atoms with Crippen LogP contribution in [-0.2, 0) is 20.8 Å². The number of rotatable bonds is 7. The summed E-state index contributed by atoms with van der Waals surface area (Å²) in [5.41, 5.74) is -3.24. The van der Waals surface area contributed by atoms with Crippen LogP contribution in [0.15, 0.2) is 96.0 Å². The molecule has 5 rings (SSSR count). The lowest BCUT2D eigenvalue weighted by atomic mass is 9.84. The number of pyridine rings is 1. The number of aromatic nitrogens is 1. The Labute approximate surface area is 244 Å². The number of urea groups is 1. The molecule has 222 valence electrons. The lowest BCUT2D eigenvalue weighted by Crippen LogP contribution is -2.44. The van der Waals surface area contributed by atoms with E-state index in [1.807, 2.05) is 0 Å². The highest BCUT2D eigenvalue weighted by Gasteiger charge is 2.55. The Hall–Kier alpha value is -4.59. The van der Waals surface area contributed by atoms with Crippen LogP contribution >= 0.6 is 11.8 Å². The molecule has 1 fully saturated rings. The summed E-state index contributed by atoms with van der Waals surface area (Å²) in [5, 5.41) is 0.638. The van der Waals surface area contributed by atoms with Gasteiger partial charge in [0.1, 0.15) is 0 Å². The third kappa shape index (κ3) is 6.43. The zero-order chi connectivity index (χ0) is 30.9. The summed E-state index contributed by atoms with van der Waals surface area (Å²) in [5.74, 6) is -4.83. The van der Waals surface area contributed by atoms with Gasteiger partial charge in [0.2, 0.25) is 0 Å². The quantitative estimate of drug-likeness (QED) is 0.126. The van der Waals surface area contributed by atoms with E-state index >= 15 is 0 Å². The molecule has 0 radical (unpaired) electrons. The minimum atomic E-state index is -5.50. The van der Waals surface area contributed by atoms with Gasteiger partial charge in [-0.15, -0.1) is 5.06 Å². The number of amides is 3. The third-order valence-corrected chi connectivity index (χ3v) is 7.35. The van der Waals surface area contributed by atoms with Crippen molar-refractivity contribution < 1.29 is 45.6 Å². The largest absolute Gasteiger partial charge is 0.493 e. The maximum Gasteiger partial charge on any atom is 0.493 e. The molecule has 7 nitrogen and oxygen atoms in total. The van der Waals surface area contributed by atoms with Gasteiger partial charge >= 0.3 is 23.7 Å². The van der Waals surface area contributed by atoms with E-state index in [-0.39, 0.29) is 22.1 Å². The molecule has 3 amide bonds. The molecule has 4 aromatic rings. The smallest absolute Gasteiger partial charge is 0.327 e. The Morgan fingerprint density at radius 1 is 0.884 bits per heavy atom. The number of carbonyl (C=O) groups excluding carboxylic acids is 3. The fourth-order valence-electron chi connectivity index (χ4n) is 4.85. The van der Waals surface area contributed by atoms with E-state index in [1.54, 1.807) is 60.7 Å². The first-order chi connectivity index (χ1) is 20.3. The van der Waals surface area contributed by atoms with E-state index in [9.17, 15) is 40.7 Å². The predicted octanol–water partition coefficient (Wildman–Crippen LogP) is 7.03. The summed E-state index contributed by atoms with van der Waals surface area (Å²) in [6.07, 6.45) is -4.04. The number of halogens is 6. The monoisotopic (exact) mass is 619 g/mol. The number of hydrogen-bond donors (Lipinski definition) is 0. The molecule has 43 heavy (non-hydrogen) atoms. The van der Waals surface area contributed by atoms with E-state index in [1.165, 1.54) is 6.20 Å². The Kier molecular flexibility index (Phi) is 8.06. The van der Waals surface area contributed by atoms with Gasteiger partial charge in [0.25, 0.3) is 5.91 Å². The first-order valence-electron chi connectivity index (χ1n) is 12.5. The molecule has 1 aliphatic heterocycles. The number of anilines is 1. The van der Waals surface area contributed by atoms with Gasteiger partial charge in [-0.3, -0.25) is 9.78 Å². The highest BCUT2D eigenvalue weighted by molar-refractivity contribution is 8.00. The van der Waals surface area contributed by atoms with Crippen LogP contribution in [-0.4, -0.2) is 45.7 Å². The standard InChI is InChI=1S/C29H19F6N3O4S/c30-28(31,32)26(40)42-38-24(25(39)37(27(38)41)18-10-12-19(13-11-18)43-29(33,34)35)22(16-17-6-2-1-3-7-17)20-14-15-36-23-9-5-4-8-21(20)23/h1-15,22,24H,16H2/t22-,24-/m1/s1. The molecule has 1 aromatic heterocycles. The molecule has 0 saturated carbocycles. The van der Waals surface area contributed by atoms with E-state index < -0.39 is 53.3 Å². The number of benzene rings is 3. The molecule has 2 atom stereocenters. The van der Waals surface area contributed by atoms with E-state index in [4.69, 9.17) is 0 Å². The number of fused-ring (bicyclic) bond motifs is 1. The summed E-state index contributed by atoms with van der Waals surface area (Å²) >= 11 is -0.429. The van der Waals surface area contributed by atoms with Crippen molar-refractivity contribution in [3.63, 3.8) is 0 Å². The second kappa shape index (κ2) is 11.6. The lowest BCUT2D eigenvalue weighted by Gasteiger charge is -2.28. The average molecular weight is 620 g/mol. The normalized spacial score (nSPS) is 16.6. The van der Waals surface area contributed by atoms with Crippen LogP contribution in [0.2, 0.25) is 0 Å². The third-order valence-electron chi connectivity index (χ3n) is 6.61. The lowest BCUT2D eigenvalue weighted by molar-refractivity contribution is -0.231. The minimum Gasteiger partial charge on any atom is -0.327 e. The van der Waals surface area contributed by atoms with Crippen molar-refractivity contribution in [3.8, 4) is 0 Å². The summed E-state index contributed by atoms with van der Waals surface area (Å²) in [6, 6.07) is 17.9. The van der Waals surface area contributed by atoms with Gasteiger partial charge < -0.3 is 4.84 Å². The molecule has 0 spiro atoms. The van der Waals surface area contributed by atoms with Gasteiger partial charge in [-0.05, 0) is 65.7 Å². The van der Waals surface area contributed by atoms with E-state index in [2.05, 4.69) is 9.82 Å². The van der Waals surface area contributed by atoms with Gasteiger partial charge in [0.15, 0.2) is 6.04 Å². The minimum absolute atomic E-state index is 0.0214. The van der Waals surface area contributed by atoms with Crippen LogP contribution in [0.1, 0.15) is 17.0 Å². The fourth-order valence-corrected chi connectivity index (χ4v) is 5.39. The number of alkyl halides is 6. The van der Waals surface area contributed by atoms with Gasteiger partial charge in [0.05, 0.1) is 11.2 Å². The maximum atomic E-state index is 14.0. The molecule has 2 heterocycles. The summed E-state index contributed by atoms with van der Waals surface area (Å²) in [7, 11) is 0. The molecule has 0 bridgehead atoms. The summed E-state index contributed by atoms with van der Waals surface area (Å²) < 4.78 is 78.4. The molecule has 14 heteroatoms. The van der Waals surface area contributed by atoms with Crippen LogP contribution in [0.25, 0.3) is 10.9 Å². The topological polar surface area (TPSA) is 79.8 Å². The summed E-state index contributed by atoms with van der Waals surface area (Å²) in [6.45, 7) is 0. The number of hydroxylamine groups is 2. The highest BCUT2D eigenvalue weighted by Crippen LogP contribution is 2.41. The van der Waals surface area contributed by atoms with Gasteiger partial charge in [-0.2, -0.15) is 26.3 Å². The molecular formula is C29H19F6N3O4S. The van der Waals surface area contributed by atoms with Crippen molar-refractivity contribution in [1.29, 1.82) is 0 Å². The number of para-hydroxylation sites is 1. The number of nitrogens with zero attached hydrogens (tertiary/aromatic N) is 3. The molecule has 0 N–H and O–H groups in total. The molecular weight excluding hydrogens is 600 g/mol. The zero-order valence-corrected chi connectivity index (χ0v) is 22.5. The molecule has 3 aromatic carbocycles. The Morgan fingerprint density at radius 2 is 1.53 bits per heavy atom. The Morgan fingerprint density at radius 3 is 2.19 bits per heavy atom. The second-order valence-corrected chi connectivity index (χ2v) is 10.5. The molecule has 1 saturated heterocycles. The zero-order valence-electron chi connectivity index (χ0n) is 21.7. The SMILES string of the molecule is O=C1[C@@H]([C@H](Cc2ccccc2)c2ccnc3ccccc23)N(OC(=O)C(F)(F)F)C(=O)N1c1ccc(SC(F)(F)F)cc1. The van der Waals surface area contributed by atoms with Crippen molar-refractivity contribution in [3.05, 3.63) is 102 Å². The van der Waals surface area contributed by atoms with Crippen LogP contribution in [0.4, 0.5) is 36.8 Å². The van der Waals surface area contributed by atoms with Crippen molar-refractivity contribution in [2.75, 3.05) is 4.90 Å². The first-order valence-corrected chi connectivity index (χ1v) is 13.3. The number of thioether (sulfide) groups is 1. The van der Waals surface area contributed by atoms with Gasteiger partial charge in [-0.1, -0.05) is 48.5 Å². The van der Waals surface area contributed by atoms with Gasteiger partial charge in [0, 0.05) is 22.4 Å². The van der Waals surface area contributed by atoms with Gasteiger partial charge in [-0.25, -0.2) is 14.5 Å². The van der Waals surface area contributed by atoms with Crippen molar-refractivity contribution in [2.24, 2.45) is 0 Å². The van der Waals surface area contributed by atoms with E-state index in [0.29, 0.717) is 26.9 Å². The van der Waals surface area contributed by atoms with Crippen molar-refractivity contribution >= 4 is 46.3 Å². The van der Waals surface area contributed by atoms with Crippen LogP contribution in [0, 0.1) is 0 Å². The number of carbonyl (C=O) groups is 3. The van der Waals surface area contributed by atoms with Crippen LogP contribution < -0.4 is 4.90 Å². The Bertz CT molecular complexity index is 1660. The molecule has 0 aliphatic carbocycles. The van der Waals surface area contributed by atoms with Crippen LogP contribution in [0.5, 0.6) is 0 Å². The first kappa shape index (κ1) is 29.9. The Balaban J connectivity index is 1.63. The highest BCUT2D eigenvalue weighted by atomic mass is 32.2. The number of imide groups is 1. The van der Waals surface area contributed by atoms with Crippen LogP contribution in [0.3, 0.4) is 0 Å². The molecule has 0 unspecified atom stereocenters.